The summed E-state index contributed by atoms with van der Waals surface area (Å²) >= 11 is 3.01. The maximum Gasteiger partial charge on any atom is 0.165 e. The van der Waals surface area contributed by atoms with E-state index in [1.807, 2.05) is 42.5 Å². The van der Waals surface area contributed by atoms with Gasteiger partial charge in [-0.05, 0) is 24.5 Å². The number of nitrogens with zero attached hydrogens (tertiary/aromatic N) is 5. The molecule has 0 atom stereocenters. The molecule has 0 amide bonds. The van der Waals surface area contributed by atoms with Crippen LogP contribution in [0.25, 0.3) is 22.8 Å². The first-order valence-electron chi connectivity index (χ1n) is 12.7. The maximum atomic E-state index is 10.4. The van der Waals surface area contributed by atoms with Crippen LogP contribution in [0.15, 0.2) is 30.3 Å². The number of benzene rings is 1. The zero-order valence-electron chi connectivity index (χ0n) is 22.3. The molecule has 0 fully saturated rings. The van der Waals surface area contributed by atoms with Gasteiger partial charge in [-0.3, -0.25) is 0 Å². The van der Waals surface area contributed by atoms with Gasteiger partial charge < -0.3 is 4.90 Å². The van der Waals surface area contributed by atoms with Gasteiger partial charge in [-0.2, -0.15) is 15.8 Å². The van der Waals surface area contributed by atoms with Crippen LogP contribution in [0.1, 0.15) is 76.4 Å². The summed E-state index contributed by atoms with van der Waals surface area (Å²) in [5, 5.41) is 30.3. The molecule has 0 unspecified atom stereocenters. The van der Waals surface area contributed by atoms with Crippen molar-refractivity contribution in [3.8, 4) is 29.3 Å². The number of aromatic nitrogens is 1. The van der Waals surface area contributed by atoms with Crippen LogP contribution < -0.4 is 14.1 Å². The smallest absolute Gasteiger partial charge is 0.165 e. The summed E-state index contributed by atoms with van der Waals surface area (Å²) in [6, 6.07) is 16.6. The average molecular weight is 528 g/mol. The minimum atomic E-state index is -0.282. The number of unbranched alkanes of at least 4 members (excludes halogenated alkanes) is 2. The summed E-state index contributed by atoms with van der Waals surface area (Å²) in [6.07, 6.45) is 6.42. The quantitative estimate of drug-likeness (QED) is 0.318. The fourth-order valence-electron chi connectivity index (χ4n) is 4.08. The van der Waals surface area contributed by atoms with Gasteiger partial charge >= 0.3 is 0 Å². The Kier molecular flexibility index (Phi) is 9.65. The van der Waals surface area contributed by atoms with Crippen LogP contribution in [0.3, 0.4) is 0 Å². The second-order valence-electron chi connectivity index (χ2n) is 9.92. The Labute approximate surface area is 228 Å². The maximum absolute atomic E-state index is 10.4. The van der Waals surface area contributed by atoms with Crippen molar-refractivity contribution in [2.24, 2.45) is 0 Å². The van der Waals surface area contributed by atoms with Crippen molar-refractivity contribution in [1.29, 1.82) is 15.8 Å². The molecule has 0 aliphatic carbocycles. The van der Waals surface area contributed by atoms with E-state index in [1.54, 1.807) is 11.3 Å². The zero-order valence-corrected chi connectivity index (χ0v) is 23.9. The first kappa shape index (κ1) is 28.1. The third-order valence-corrected chi connectivity index (χ3v) is 8.22. The molecule has 0 saturated carbocycles. The van der Waals surface area contributed by atoms with Crippen LogP contribution >= 0.6 is 22.7 Å². The molecule has 0 spiro atoms. The number of nitriles is 3. The summed E-state index contributed by atoms with van der Waals surface area (Å²) in [6.45, 7) is 12.5. The van der Waals surface area contributed by atoms with Crippen molar-refractivity contribution in [2.75, 3.05) is 18.0 Å². The van der Waals surface area contributed by atoms with Gasteiger partial charge in [-0.1, -0.05) is 77.8 Å². The van der Waals surface area contributed by atoms with Gasteiger partial charge in [0.15, 0.2) is 5.57 Å². The topological polar surface area (TPSA) is 87.5 Å². The molecule has 0 bridgehead atoms. The van der Waals surface area contributed by atoms with Crippen molar-refractivity contribution in [1.82, 2.24) is 4.98 Å². The Morgan fingerprint density at radius 3 is 2.11 bits per heavy atom. The minimum Gasteiger partial charge on any atom is -0.362 e. The molecule has 5 nitrogen and oxygen atoms in total. The molecule has 1 aromatic carbocycles. The fourth-order valence-corrected chi connectivity index (χ4v) is 6.59. The Balaban J connectivity index is 2.38. The minimum absolute atomic E-state index is 0.0216. The molecule has 7 heteroatoms. The molecule has 37 heavy (non-hydrogen) atoms. The second-order valence-corrected chi connectivity index (χ2v) is 12.0. The van der Waals surface area contributed by atoms with Crippen molar-refractivity contribution in [3.63, 3.8) is 0 Å². The normalized spacial score (nSPS) is 11.6. The molecule has 3 aromatic rings. The first-order chi connectivity index (χ1) is 17.8. The lowest BCUT2D eigenvalue weighted by Crippen LogP contribution is -2.25. The van der Waals surface area contributed by atoms with Gasteiger partial charge in [-0.15, -0.1) is 22.7 Å². The number of hydrogen-bond acceptors (Lipinski definition) is 7. The van der Waals surface area contributed by atoms with E-state index in [4.69, 9.17) is 4.98 Å². The largest absolute Gasteiger partial charge is 0.362 e. The van der Waals surface area contributed by atoms with Crippen molar-refractivity contribution < 1.29 is 0 Å². The van der Waals surface area contributed by atoms with E-state index >= 15 is 0 Å². The lowest BCUT2D eigenvalue weighted by molar-refractivity contribution is 0.568. The molecule has 0 N–H and O–H groups in total. The van der Waals surface area contributed by atoms with E-state index in [0.717, 1.165) is 70.0 Å². The van der Waals surface area contributed by atoms with Gasteiger partial charge in [0.1, 0.15) is 27.9 Å². The summed E-state index contributed by atoms with van der Waals surface area (Å²) in [7, 11) is 0. The van der Waals surface area contributed by atoms with Gasteiger partial charge in [0.2, 0.25) is 0 Å². The third-order valence-electron chi connectivity index (χ3n) is 6.00. The summed E-state index contributed by atoms with van der Waals surface area (Å²) in [5.41, 5.74) is 3.22. The van der Waals surface area contributed by atoms with E-state index in [2.05, 4.69) is 51.7 Å². The standard InChI is InChI=1S/C30H33N5S2/c1-6-8-15-35(16-9-7-2)29-23(20-33)26(21-13-11-10-12-14-21)24(37-29)17-25-27(30(3,4)5)34-28(36-25)22(18-31)19-32/h10-14,17H,6-9,15-16H2,1-5H3/b25-17-. The molecule has 2 aromatic heterocycles. The van der Waals surface area contributed by atoms with Crippen molar-refractivity contribution in [3.05, 3.63) is 55.7 Å². The van der Waals surface area contributed by atoms with E-state index < -0.39 is 0 Å². The monoisotopic (exact) mass is 527 g/mol. The summed E-state index contributed by atoms with van der Waals surface area (Å²) in [4.78, 5) is 8.09. The van der Waals surface area contributed by atoms with E-state index in [-0.39, 0.29) is 11.0 Å². The summed E-state index contributed by atoms with van der Waals surface area (Å²) < 4.78 is 1.35. The predicted octanol–water partition coefficient (Wildman–Crippen LogP) is 6.47. The number of thiophene rings is 1. The fraction of sp³-hybridized carbons (Fsp3) is 0.400. The molecule has 3 rings (SSSR count). The summed E-state index contributed by atoms with van der Waals surface area (Å²) in [5.74, 6) is 0. The predicted molar refractivity (Wildman–Crippen MR) is 155 cm³/mol. The lowest BCUT2D eigenvalue weighted by Gasteiger charge is -2.23. The Hall–Kier alpha value is -3.44. The molecule has 2 heterocycles. The molecule has 0 saturated heterocycles. The van der Waals surface area contributed by atoms with Gasteiger partial charge in [0.25, 0.3) is 0 Å². The number of rotatable bonds is 9. The van der Waals surface area contributed by atoms with Crippen LogP contribution in [0.5, 0.6) is 0 Å². The molecule has 0 aliphatic heterocycles. The van der Waals surface area contributed by atoms with Crippen molar-refractivity contribution in [2.45, 2.75) is 65.7 Å². The number of hydrogen-bond donors (Lipinski definition) is 0. The first-order valence-corrected chi connectivity index (χ1v) is 14.3. The molecular weight excluding hydrogens is 494 g/mol. The average Bonchev–Trinajstić information content (AvgIpc) is 3.47. The van der Waals surface area contributed by atoms with Gasteiger partial charge in [-0.25, -0.2) is 4.98 Å². The number of thiazole rings is 1. The molecule has 190 valence electrons. The highest BCUT2D eigenvalue weighted by Crippen LogP contribution is 2.42. The Bertz CT molecular complexity index is 1440. The van der Waals surface area contributed by atoms with E-state index in [0.29, 0.717) is 10.2 Å². The third kappa shape index (κ3) is 6.47. The highest BCUT2D eigenvalue weighted by Gasteiger charge is 2.24. The van der Waals surface area contributed by atoms with Crippen LogP contribution in [0.4, 0.5) is 5.00 Å². The SMILES string of the molecule is CCCCN(CCCC)c1sc(/C=c2\sc(=C(C#N)C#N)nc2C(C)(C)C)c(-c2ccccc2)c1C#N. The zero-order chi connectivity index (χ0) is 27.0. The van der Waals surface area contributed by atoms with Crippen LogP contribution in [-0.2, 0) is 5.41 Å². The molecule has 0 radical (unpaired) electrons. The van der Waals surface area contributed by atoms with Crippen LogP contribution in [-0.4, -0.2) is 18.1 Å². The van der Waals surface area contributed by atoms with E-state index in [9.17, 15) is 15.8 Å². The highest BCUT2D eigenvalue weighted by atomic mass is 32.1. The molecular formula is C30H33N5S2. The van der Waals surface area contributed by atoms with Gasteiger partial charge in [0, 0.05) is 28.9 Å². The van der Waals surface area contributed by atoms with Crippen LogP contribution in [0.2, 0.25) is 0 Å². The number of anilines is 1. The second kappa shape index (κ2) is 12.7. The van der Waals surface area contributed by atoms with Crippen LogP contribution in [0, 0.1) is 34.0 Å². The van der Waals surface area contributed by atoms with E-state index in [1.165, 1.54) is 11.3 Å². The Morgan fingerprint density at radius 2 is 1.59 bits per heavy atom. The van der Waals surface area contributed by atoms with Gasteiger partial charge in [0.05, 0.1) is 15.8 Å². The molecule has 0 aliphatic rings. The lowest BCUT2D eigenvalue weighted by atomic mass is 9.92. The Morgan fingerprint density at radius 1 is 0.973 bits per heavy atom. The van der Waals surface area contributed by atoms with Crippen molar-refractivity contribution >= 4 is 39.3 Å². The highest BCUT2D eigenvalue weighted by molar-refractivity contribution is 7.18.